The molecule has 0 heterocycles. The van der Waals surface area contributed by atoms with Gasteiger partial charge in [-0.15, -0.1) is 0 Å². The summed E-state index contributed by atoms with van der Waals surface area (Å²) in [5.74, 6) is -3.80. The van der Waals surface area contributed by atoms with Gasteiger partial charge < -0.3 is 5.32 Å². The minimum absolute atomic E-state index is 0.0193. The summed E-state index contributed by atoms with van der Waals surface area (Å²) in [6.45, 7) is -0.216. The van der Waals surface area contributed by atoms with Gasteiger partial charge in [0.2, 0.25) is 0 Å². The fourth-order valence-electron chi connectivity index (χ4n) is 1.64. The Morgan fingerprint density at radius 1 is 1.00 bits per heavy atom. The summed E-state index contributed by atoms with van der Waals surface area (Å²) in [5.41, 5.74) is -0.677. The topological polar surface area (TPSA) is 35.8 Å². The molecule has 0 aliphatic rings. The number of halogens is 4. The van der Waals surface area contributed by atoms with Crippen LogP contribution in [0.3, 0.4) is 0 Å². The fraction of sp³-hybridized carbons (Fsp3) is 0.0714. The summed E-state index contributed by atoms with van der Waals surface area (Å²) >= 11 is 0. The third-order valence-corrected chi connectivity index (χ3v) is 2.68. The van der Waals surface area contributed by atoms with E-state index in [-0.39, 0.29) is 17.8 Å². The zero-order valence-electron chi connectivity index (χ0n) is 10.1. The molecule has 0 spiro atoms. The average Bonchev–Trinajstić information content (AvgIpc) is 2.44. The molecule has 0 amide bonds. The maximum absolute atomic E-state index is 13.6. The van der Waals surface area contributed by atoms with Crippen LogP contribution < -0.4 is 5.32 Å². The molecule has 20 heavy (non-hydrogen) atoms. The number of nitrogens with one attached hydrogen (secondary N) is 1. The van der Waals surface area contributed by atoms with Gasteiger partial charge >= 0.3 is 0 Å². The number of hydrogen-bond acceptors (Lipinski definition) is 2. The van der Waals surface area contributed by atoms with Gasteiger partial charge in [0.15, 0.2) is 11.6 Å². The van der Waals surface area contributed by atoms with Crippen molar-refractivity contribution in [2.75, 3.05) is 5.32 Å². The van der Waals surface area contributed by atoms with Crippen LogP contribution in [0.1, 0.15) is 11.1 Å². The highest BCUT2D eigenvalue weighted by atomic mass is 19.2. The van der Waals surface area contributed by atoms with Crippen molar-refractivity contribution in [3.05, 3.63) is 64.7 Å². The van der Waals surface area contributed by atoms with Gasteiger partial charge in [0, 0.05) is 12.1 Å². The smallest absolute Gasteiger partial charge is 0.183 e. The molecule has 0 aromatic heterocycles. The lowest BCUT2D eigenvalue weighted by atomic mass is 10.1. The van der Waals surface area contributed by atoms with E-state index in [4.69, 9.17) is 5.26 Å². The zero-order valence-corrected chi connectivity index (χ0v) is 10.1. The van der Waals surface area contributed by atoms with Crippen molar-refractivity contribution in [3.63, 3.8) is 0 Å². The average molecular weight is 280 g/mol. The molecule has 1 N–H and O–H groups in total. The van der Waals surface area contributed by atoms with Gasteiger partial charge in [0.1, 0.15) is 17.7 Å². The third-order valence-electron chi connectivity index (χ3n) is 2.68. The fourth-order valence-corrected chi connectivity index (χ4v) is 1.64. The molecule has 102 valence electrons. The largest absolute Gasteiger partial charge is 0.378 e. The van der Waals surface area contributed by atoms with Gasteiger partial charge in [0.25, 0.3) is 0 Å². The summed E-state index contributed by atoms with van der Waals surface area (Å²) in [5, 5.41) is 11.0. The van der Waals surface area contributed by atoms with E-state index < -0.39 is 28.8 Å². The van der Waals surface area contributed by atoms with Crippen LogP contribution in [-0.4, -0.2) is 0 Å². The molecule has 2 nitrogen and oxygen atoms in total. The second-order valence-electron chi connectivity index (χ2n) is 3.99. The predicted octanol–water partition coefficient (Wildman–Crippen LogP) is 3.73. The SMILES string of the molecule is N#Cc1ccc(NCc2cc(F)ccc2F)c(F)c1F. The number of rotatable bonds is 3. The van der Waals surface area contributed by atoms with Crippen LogP contribution in [0.4, 0.5) is 23.2 Å². The van der Waals surface area contributed by atoms with E-state index in [1.807, 2.05) is 0 Å². The lowest BCUT2D eigenvalue weighted by Crippen LogP contribution is -2.05. The Balaban J connectivity index is 2.22. The van der Waals surface area contributed by atoms with Gasteiger partial charge in [-0.3, -0.25) is 0 Å². The molecule has 0 atom stereocenters. The van der Waals surface area contributed by atoms with Gasteiger partial charge in [-0.05, 0) is 30.3 Å². The molecule has 0 unspecified atom stereocenters. The first-order chi connectivity index (χ1) is 9.52. The molecule has 0 radical (unpaired) electrons. The number of hydrogen-bond donors (Lipinski definition) is 1. The van der Waals surface area contributed by atoms with Crippen LogP contribution in [0.15, 0.2) is 30.3 Å². The van der Waals surface area contributed by atoms with E-state index in [9.17, 15) is 17.6 Å². The lowest BCUT2D eigenvalue weighted by Gasteiger charge is -2.09. The van der Waals surface area contributed by atoms with E-state index in [1.165, 1.54) is 6.07 Å². The van der Waals surface area contributed by atoms with Crippen LogP contribution in [-0.2, 0) is 6.54 Å². The molecule has 2 aromatic rings. The second kappa shape index (κ2) is 5.61. The first-order valence-corrected chi connectivity index (χ1v) is 5.59. The van der Waals surface area contributed by atoms with Crippen LogP contribution in [0.2, 0.25) is 0 Å². The Labute approximate surface area is 112 Å². The zero-order chi connectivity index (χ0) is 14.7. The Morgan fingerprint density at radius 3 is 2.45 bits per heavy atom. The molecule has 0 fully saturated rings. The van der Waals surface area contributed by atoms with Crippen LogP contribution in [0, 0.1) is 34.6 Å². The van der Waals surface area contributed by atoms with Crippen molar-refractivity contribution in [2.24, 2.45) is 0 Å². The van der Waals surface area contributed by atoms with E-state index in [0.717, 1.165) is 30.3 Å². The van der Waals surface area contributed by atoms with E-state index in [1.54, 1.807) is 0 Å². The Bertz CT molecular complexity index is 692. The molecule has 0 saturated heterocycles. The summed E-state index contributed by atoms with van der Waals surface area (Å²) < 4.78 is 53.2. The summed E-state index contributed by atoms with van der Waals surface area (Å²) in [4.78, 5) is 0. The normalized spacial score (nSPS) is 10.2. The summed E-state index contributed by atoms with van der Waals surface area (Å²) in [6.07, 6.45) is 0. The van der Waals surface area contributed by atoms with Gasteiger partial charge in [-0.25, -0.2) is 17.6 Å². The van der Waals surface area contributed by atoms with Crippen LogP contribution >= 0.6 is 0 Å². The first-order valence-electron chi connectivity index (χ1n) is 5.59. The number of nitrogens with zero attached hydrogens (tertiary/aromatic N) is 1. The number of nitriles is 1. The molecule has 6 heteroatoms. The summed E-state index contributed by atoms with van der Waals surface area (Å²) in [7, 11) is 0. The van der Waals surface area contributed by atoms with Gasteiger partial charge in [-0.1, -0.05) is 0 Å². The van der Waals surface area contributed by atoms with Crippen molar-refractivity contribution in [3.8, 4) is 6.07 Å². The number of benzene rings is 2. The van der Waals surface area contributed by atoms with E-state index in [0.29, 0.717) is 0 Å². The molecule has 0 bridgehead atoms. The molecule has 0 saturated carbocycles. The van der Waals surface area contributed by atoms with Crippen molar-refractivity contribution in [2.45, 2.75) is 6.54 Å². The minimum atomic E-state index is -1.28. The molecular formula is C14H8F4N2. The highest BCUT2D eigenvalue weighted by molar-refractivity contribution is 5.50. The molecule has 2 aromatic carbocycles. The molecule has 0 aliphatic heterocycles. The highest BCUT2D eigenvalue weighted by Crippen LogP contribution is 2.21. The Morgan fingerprint density at radius 2 is 1.75 bits per heavy atom. The predicted molar refractivity (Wildman–Crippen MR) is 64.8 cm³/mol. The summed E-state index contributed by atoms with van der Waals surface area (Å²) in [6, 6.07) is 6.63. The Hall–Kier alpha value is -2.55. The number of anilines is 1. The Kier molecular flexibility index (Phi) is 3.89. The van der Waals surface area contributed by atoms with Crippen molar-refractivity contribution in [1.29, 1.82) is 5.26 Å². The van der Waals surface area contributed by atoms with Gasteiger partial charge in [0.05, 0.1) is 11.3 Å². The second-order valence-corrected chi connectivity index (χ2v) is 3.99. The van der Waals surface area contributed by atoms with Crippen LogP contribution in [0.25, 0.3) is 0 Å². The maximum Gasteiger partial charge on any atom is 0.183 e. The highest BCUT2D eigenvalue weighted by Gasteiger charge is 2.13. The van der Waals surface area contributed by atoms with Crippen LogP contribution in [0.5, 0.6) is 0 Å². The maximum atomic E-state index is 13.6. The first kappa shape index (κ1) is 13.9. The van der Waals surface area contributed by atoms with Gasteiger partial charge in [-0.2, -0.15) is 5.26 Å². The van der Waals surface area contributed by atoms with E-state index >= 15 is 0 Å². The van der Waals surface area contributed by atoms with Crippen molar-refractivity contribution in [1.82, 2.24) is 0 Å². The van der Waals surface area contributed by atoms with E-state index in [2.05, 4.69) is 5.32 Å². The lowest BCUT2D eigenvalue weighted by molar-refractivity contribution is 0.508. The van der Waals surface area contributed by atoms with Crippen molar-refractivity contribution < 1.29 is 17.6 Å². The monoisotopic (exact) mass is 280 g/mol. The standard InChI is InChI=1S/C14H8F4N2/c15-10-2-3-11(16)9(5-10)7-20-12-4-1-8(6-19)13(17)14(12)18/h1-5,20H,7H2. The molecule has 2 rings (SSSR count). The minimum Gasteiger partial charge on any atom is -0.378 e. The molecule has 0 aliphatic carbocycles. The van der Waals surface area contributed by atoms with Crippen molar-refractivity contribution >= 4 is 5.69 Å². The third kappa shape index (κ3) is 2.72. The molecular weight excluding hydrogens is 272 g/mol. The quantitative estimate of drug-likeness (QED) is 0.870.